The minimum atomic E-state index is -1.47. The predicted molar refractivity (Wildman–Crippen MR) is 88.9 cm³/mol. The lowest BCUT2D eigenvalue weighted by Gasteiger charge is -2.33. The van der Waals surface area contributed by atoms with E-state index in [4.69, 9.17) is 0 Å². The number of nitrogens with zero attached hydrogens (tertiary/aromatic N) is 1. The average Bonchev–Trinajstić information content (AvgIpc) is 2.84. The summed E-state index contributed by atoms with van der Waals surface area (Å²) in [6.45, 7) is 0. The largest absolute Gasteiger partial charge is 0.366 e. The van der Waals surface area contributed by atoms with Gasteiger partial charge in [-0.05, 0) is 36.6 Å². The minimum absolute atomic E-state index is 0.209. The van der Waals surface area contributed by atoms with Crippen LogP contribution in [0.5, 0.6) is 0 Å². The normalized spacial score (nSPS) is 21.4. The van der Waals surface area contributed by atoms with Crippen LogP contribution in [0.1, 0.15) is 5.56 Å². The van der Waals surface area contributed by atoms with Gasteiger partial charge in [-0.15, -0.1) is 11.8 Å². The van der Waals surface area contributed by atoms with Gasteiger partial charge in [0, 0.05) is 10.5 Å². The molecule has 0 spiro atoms. The van der Waals surface area contributed by atoms with Gasteiger partial charge in [-0.3, -0.25) is 9.69 Å². The SMILES string of the molecule is CSc1ccc(C2(O)CSC(=O)N2c2cccc(F)c2)cc1. The fraction of sp³-hybridized carbons (Fsp3) is 0.188. The lowest BCUT2D eigenvalue weighted by molar-refractivity contribution is 0.0725. The van der Waals surface area contributed by atoms with Gasteiger partial charge in [-0.25, -0.2) is 4.39 Å². The average molecular weight is 335 g/mol. The Hall–Kier alpha value is -1.50. The maximum atomic E-state index is 13.5. The Kier molecular flexibility index (Phi) is 4.16. The second-order valence-electron chi connectivity index (χ2n) is 4.91. The molecule has 1 heterocycles. The van der Waals surface area contributed by atoms with Crippen LogP contribution in [-0.2, 0) is 5.72 Å². The minimum Gasteiger partial charge on any atom is -0.366 e. The third-order valence-electron chi connectivity index (χ3n) is 3.57. The summed E-state index contributed by atoms with van der Waals surface area (Å²) in [6.07, 6.45) is 1.97. The van der Waals surface area contributed by atoms with E-state index < -0.39 is 11.5 Å². The van der Waals surface area contributed by atoms with Gasteiger partial charge in [0.15, 0.2) is 5.72 Å². The highest BCUT2D eigenvalue weighted by Crippen LogP contribution is 2.42. The first-order valence-electron chi connectivity index (χ1n) is 6.64. The molecule has 3 nitrogen and oxygen atoms in total. The molecule has 114 valence electrons. The zero-order valence-electron chi connectivity index (χ0n) is 11.8. The van der Waals surface area contributed by atoms with Crippen molar-refractivity contribution in [3.05, 3.63) is 59.9 Å². The fourth-order valence-electron chi connectivity index (χ4n) is 2.45. The van der Waals surface area contributed by atoms with Crippen LogP contribution in [0.4, 0.5) is 14.9 Å². The van der Waals surface area contributed by atoms with Crippen molar-refractivity contribution in [2.24, 2.45) is 0 Å². The van der Waals surface area contributed by atoms with Gasteiger partial charge >= 0.3 is 0 Å². The van der Waals surface area contributed by atoms with Crippen molar-refractivity contribution in [1.29, 1.82) is 0 Å². The topological polar surface area (TPSA) is 40.5 Å². The van der Waals surface area contributed by atoms with Gasteiger partial charge in [-0.1, -0.05) is 30.0 Å². The van der Waals surface area contributed by atoms with Crippen molar-refractivity contribution in [2.45, 2.75) is 10.6 Å². The number of hydrogen-bond donors (Lipinski definition) is 1. The van der Waals surface area contributed by atoms with Crippen molar-refractivity contribution in [3.63, 3.8) is 0 Å². The zero-order valence-corrected chi connectivity index (χ0v) is 13.5. The summed E-state index contributed by atoms with van der Waals surface area (Å²) in [5.41, 5.74) is -0.494. The van der Waals surface area contributed by atoms with Gasteiger partial charge in [0.25, 0.3) is 5.24 Å². The Morgan fingerprint density at radius 2 is 2.00 bits per heavy atom. The number of hydrogen-bond acceptors (Lipinski definition) is 4. The van der Waals surface area contributed by atoms with Gasteiger partial charge in [0.2, 0.25) is 0 Å². The fourth-order valence-corrected chi connectivity index (χ4v) is 3.86. The molecule has 1 amide bonds. The van der Waals surface area contributed by atoms with E-state index in [9.17, 15) is 14.3 Å². The number of carbonyl (C=O) groups is 1. The van der Waals surface area contributed by atoms with Crippen LogP contribution in [0.2, 0.25) is 0 Å². The highest BCUT2D eigenvalue weighted by atomic mass is 32.2. The number of rotatable bonds is 3. The Morgan fingerprint density at radius 3 is 2.64 bits per heavy atom. The molecule has 0 aromatic heterocycles. The van der Waals surface area contributed by atoms with Crippen molar-refractivity contribution in [1.82, 2.24) is 0 Å². The lowest BCUT2D eigenvalue weighted by atomic mass is 10.0. The van der Waals surface area contributed by atoms with Gasteiger partial charge in [0.1, 0.15) is 5.82 Å². The molecule has 22 heavy (non-hydrogen) atoms. The molecule has 1 fully saturated rings. The summed E-state index contributed by atoms with van der Waals surface area (Å²) in [4.78, 5) is 14.5. The van der Waals surface area contributed by atoms with Crippen molar-refractivity contribution >= 4 is 34.5 Å². The summed E-state index contributed by atoms with van der Waals surface area (Å²) in [7, 11) is 0. The number of amides is 1. The molecule has 2 aromatic rings. The van der Waals surface area contributed by atoms with Crippen LogP contribution >= 0.6 is 23.5 Å². The molecule has 1 unspecified atom stereocenters. The molecular weight excluding hydrogens is 321 g/mol. The van der Waals surface area contributed by atoms with E-state index in [-0.39, 0.29) is 11.0 Å². The highest BCUT2D eigenvalue weighted by molar-refractivity contribution is 8.14. The molecule has 1 atom stereocenters. The number of carbonyl (C=O) groups excluding carboxylic acids is 1. The molecule has 0 saturated carbocycles. The molecule has 2 aromatic carbocycles. The number of aliphatic hydroxyl groups is 1. The number of thioether (sulfide) groups is 2. The van der Waals surface area contributed by atoms with Crippen LogP contribution in [0.3, 0.4) is 0 Å². The monoisotopic (exact) mass is 335 g/mol. The smallest absolute Gasteiger partial charge is 0.288 e. The van der Waals surface area contributed by atoms with E-state index in [0.717, 1.165) is 16.7 Å². The summed E-state index contributed by atoms with van der Waals surface area (Å²) < 4.78 is 13.5. The third-order valence-corrected chi connectivity index (χ3v) is 5.29. The molecule has 0 bridgehead atoms. The Morgan fingerprint density at radius 1 is 1.27 bits per heavy atom. The van der Waals surface area contributed by atoms with Crippen LogP contribution in [0.25, 0.3) is 0 Å². The standard InChI is InChI=1S/C16H14FNO2S2/c1-21-14-7-5-11(6-8-14)16(20)10-22-15(19)18(16)13-4-2-3-12(17)9-13/h2-9,20H,10H2,1H3. The first-order valence-corrected chi connectivity index (χ1v) is 8.85. The predicted octanol–water partition coefficient (Wildman–Crippen LogP) is 4.07. The molecule has 1 aliphatic rings. The second-order valence-corrected chi connectivity index (χ2v) is 6.72. The first kappa shape index (κ1) is 15.4. The van der Waals surface area contributed by atoms with E-state index in [1.807, 2.05) is 18.4 Å². The van der Waals surface area contributed by atoms with Gasteiger partial charge in [0.05, 0.1) is 11.4 Å². The molecule has 0 radical (unpaired) electrons. The second kappa shape index (κ2) is 5.95. The van der Waals surface area contributed by atoms with Crippen molar-refractivity contribution < 1.29 is 14.3 Å². The molecular formula is C16H14FNO2S2. The summed E-state index contributed by atoms with van der Waals surface area (Å²) >= 11 is 2.63. The number of benzene rings is 2. The summed E-state index contributed by atoms with van der Waals surface area (Å²) in [6, 6.07) is 13.1. The molecule has 1 saturated heterocycles. The number of halogens is 1. The Labute approximate surface area is 136 Å². The van der Waals surface area contributed by atoms with E-state index in [0.29, 0.717) is 11.3 Å². The summed E-state index contributed by atoms with van der Waals surface area (Å²) in [5, 5.41) is 10.8. The molecule has 1 N–H and O–H groups in total. The zero-order chi connectivity index (χ0) is 15.7. The molecule has 1 aliphatic heterocycles. The molecule has 6 heteroatoms. The van der Waals surface area contributed by atoms with Crippen LogP contribution < -0.4 is 4.90 Å². The maximum Gasteiger partial charge on any atom is 0.288 e. The van der Waals surface area contributed by atoms with E-state index in [2.05, 4.69) is 0 Å². The quantitative estimate of drug-likeness (QED) is 0.859. The summed E-state index contributed by atoms with van der Waals surface area (Å²) in [5.74, 6) is -0.233. The van der Waals surface area contributed by atoms with Crippen LogP contribution in [-0.4, -0.2) is 22.4 Å². The molecule has 3 rings (SSSR count). The Bertz CT molecular complexity index is 708. The molecule has 0 aliphatic carbocycles. The Balaban J connectivity index is 2.04. The van der Waals surface area contributed by atoms with Crippen LogP contribution in [0, 0.1) is 5.82 Å². The van der Waals surface area contributed by atoms with E-state index >= 15 is 0 Å². The highest BCUT2D eigenvalue weighted by Gasteiger charge is 2.47. The lowest BCUT2D eigenvalue weighted by Crippen LogP contribution is -2.44. The van der Waals surface area contributed by atoms with E-state index in [1.54, 1.807) is 30.0 Å². The maximum absolute atomic E-state index is 13.5. The van der Waals surface area contributed by atoms with Crippen molar-refractivity contribution in [2.75, 3.05) is 16.9 Å². The van der Waals surface area contributed by atoms with E-state index in [1.165, 1.54) is 23.1 Å². The third kappa shape index (κ3) is 2.62. The van der Waals surface area contributed by atoms with Gasteiger partial charge < -0.3 is 5.11 Å². The van der Waals surface area contributed by atoms with Gasteiger partial charge in [-0.2, -0.15) is 0 Å². The first-order chi connectivity index (χ1) is 10.5. The van der Waals surface area contributed by atoms with Crippen LogP contribution in [0.15, 0.2) is 53.4 Å². The van der Waals surface area contributed by atoms with Crippen molar-refractivity contribution in [3.8, 4) is 0 Å². The number of anilines is 1.